The van der Waals surface area contributed by atoms with Gasteiger partial charge in [0.1, 0.15) is 6.61 Å². The number of piperidine rings is 3. The van der Waals surface area contributed by atoms with Gasteiger partial charge < -0.3 is 10.1 Å². The Morgan fingerprint density at radius 1 is 1.15 bits per heavy atom. The number of aromatic nitrogens is 3. The molecule has 176 valence electrons. The number of fused-ring (bicyclic) bond motifs is 3. The molecule has 2 aromatic heterocycles. The minimum absolute atomic E-state index is 0.0893. The van der Waals surface area contributed by atoms with Crippen LogP contribution in [-0.2, 0) is 4.74 Å². The molecular weight excluding hydrogens is 414 g/mol. The predicted molar refractivity (Wildman–Crippen MR) is 127 cm³/mol. The number of hydrogen-bond acceptors (Lipinski definition) is 6. The number of hydrogen-bond donors (Lipinski definition) is 1. The van der Waals surface area contributed by atoms with Crippen molar-refractivity contribution < 1.29 is 9.53 Å². The second kappa shape index (κ2) is 9.75. The Morgan fingerprint density at radius 2 is 1.91 bits per heavy atom. The molecule has 0 spiro atoms. The second-order valence-electron chi connectivity index (χ2n) is 10.2. The topological polar surface area (TPSA) is 80.2 Å². The molecule has 1 N–H and O–H groups in total. The fraction of sp³-hybridized carbons (Fsp3) is 0.615. The minimum atomic E-state index is -0.316. The molecule has 3 aliphatic heterocycles. The Balaban J connectivity index is 1.35. The van der Waals surface area contributed by atoms with Crippen molar-refractivity contribution in [1.82, 2.24) is 25.2 Å². The molecule has 4 atom stereocenters. The van der Waals surface area contributed by atoms with Crippen LogP contribution in [0.5, 0.6) is 0 Å². The lowest BCUT2D eigenvalue weighted by molar-refractivity contribution is -0.00372. The third-order valence-corrected chi connectivity index (χ3v) is 7.55. The van der Waals surface area contributed by atoms with E-state index < -0.39 is 0 Å². The number of ether oxygens (including phenoxy) is 1. The summed E-state index contributed by atoms with van der Waals surface area (Å²) in [6, 6.07) is 6.70. The van der Waals surface area contributed by atoms with E-state index in [2.05, 4.69) is 21.3 Å². The van der Waals surface area contributed by atoms with Crippen molar-refractivity contribution in [2.75, 3.05) is 19.7 Å². The average Bonchev–Trinajstić information content (AvgIpc) is 3.38. The summed E-state index contributed by atoms with van der Waals surface area (Å²) in [4.78, 5) is 28.7. The summed E-state index contributed by atoms with van der Waals surface area (Å²) in [6.07, 6.45) is 10.6. The summed E-state index contributed by atoms with van der Waals surface area (Å²) in [5.74, 6) is 2.35. The van der Waals surface area contributed by atoms with Crippen LogP contribution in [-0.4, -0.2) is 57.7 Å². The van der Waals surface area contributed by atoms with Crippen LogP contribution in [0.25, 0.3) is 11.4 Å². The van der Waals surface area contributed by atoms with Gasteiger partial charge in [-0.1, -0.05) is 12.8 Å². The molecule has 1 aliphatic carbocycles. The van der Waals surface area contributed by atoms with Gasteiger partial charge in [-0.2, -0.15) is 0 Å². The molecule has 2 aromatic rings. The van der Waals surface area contributed by atoms with Crippen LogP contribution >= 0.6 is 0 Å². The van der Waals surface area contributed by atoms with E-state index in [-0.39, 0.29) is 12.1 Å². The number of nitrogens with one attached hydrogen (secondary N) is 1. The largest absolute Gasteiger partial charge is 0.448 e. The van der Waals surface area contributed by atoms with Crippen LogP contribution in [0.2, 0.25) is 0 Å². The van der Waals surface area contributed by atoms with Crippen molar-refractivity contribution in [3.05, 3.63) is 42.0 Å². The highest BCUT2D eigenvalue weighted by Gasteiger charge is 2.42. The molecule has 1 saturated carbocycles. The maximum Gasteiger partial charge on any atom is 0.407 e. The van der Waals surface area contributed by atoms with Gasteiger partial charge >= 0.3 is 6.09 Å². The molecule has 33 heavy (non-hydrogen) atoms. The van der Waals surface area contributed by atoms with Crippen LogP contribution in [0.3, 0.4) is 0 Å². The van der Waals surface area contributed by atoms with Crippen molar-refractivity contribution in [2.24, 2.45) is 5.92 Å². The lowest BCUT2D eigenvalue weighted by Crippen LogP contribution is -2.54. The number of amides is 1. The van der Waals surface area contributed by atoms with Gasteiger partial charge in [-0.05, 0) is 70.2 Å². The summed E-state index contributed by atoms with van der Waals surface area (Å²) in [7, 11) is 0. The number of carbonyl (C=O) groups is 1. The minimum Gasteiger partial charge on any atom is -0.448 e. The van der Waals surface area contributed by atoms with Crippen LogP contribution < -0.4 is 5.32 Å². The van der Waals surface area contributed by atoms with Crippen LogP contribution in [0.1, 0.15) is 75.6 Å². The normalized spacial score (nSPS) is 27.1. The summed E-state index contributed by atoms with van der Waals surface area (Å²) in [5.41, 5.74) is 3.44. The van der Waals surface area contributed by atoms with E-state index in [0.717, 1.165) is 30.9 Å². The molecule has 0 radical (unpaired) electrons. The number of rotatable bonds is 6. The highest BCUT2D eigenvalue weighted by atomic mass is 16.5. The van der Waals surface area contributed by atoms with Gasteiger partial charge in [0, 0.05) is 59.8 Å². The highest BCUT2D eigenvalue weighted by molar-refractivity contribution is 5.67. The van der Waals surface area contributed by atoms with Crippen LogP contribution in [0.4, 0.5) is 4.79 Å². The van der Waals surface area contributed by atoms with E-state index in [1.165, 1.54) is 43.5 Å². The molecule has 2 bridgehead atoms. The number of alkyl carbamates (subject to hydrolysis) is 1. The second-order valence-corrected chi connectivity index (χ2v) is 10.2. The van der Waals surface area contributed by atoms with Crippen molar-refractivity contribution in [3.8, 4) is 11.4 Å². The molecule has 6 rings (SSSR count). The SMILES string of the molecule is CC(C)NC(=O)OCC1CC2CCN1CC2c1cc(C2CCCC2)nc(-c2ccncc2)n1. The Hall–Kier alpha value is -2.54. The number of carbonyl (C=O) groups excluding carboxylic acids is 1. The average molecular weight is 450 g/mol. The summed E-state index contributed by atoms with van der Waals surface area (Å²) in [6.45, 7) is 6.39. The maximum atomic E-state index is 12.0. The Morgan fingerprint density at radius 3 is 2.61 bits per heavy atom. The van der Waals surface area contributed by atoms with Crippen molar-refractivity contribution in [3.63, 3.8) is 0 Å². The summed E-state index contributed by atoms with van der Waals surface area (Å²) < 4.78 is 5.53. The first-order chi connectivity index (χ1) is 16.1. The molecule has 4 fully saturated rings. The zero-order valence-corrected chi connectivity index (χ0v) is 19.7. The van der Waals surface area contributed by atoms with Gasteiger partial charge in [0.15, 0.2) is 5.82 Å². The first-order valence-corrected chi connectivity index (χ1v) is 12.5. The summed E-state index contributed by atoms with van der Waals surface area (Å²) >= 11 is 0. The smallest absolute Gasteiger partial charge is 0.407 e. The van der Waals surface area contributed by atoms with E-state index in [0.29, 0.717) is 30.4 Å². The van der Waals surface area contributed by atoms with E-state index in [1.807, 2.05) is 38.4 Å². The fourth-order valence-electron chi connectivity index (χ4n) is 5.83. The molecule has 3 saturated heterocycles. The molecular formula is C26H35N5O2. The van der Waals surface area contributed by atoms with E-state index in [1.54, 1.807) is 0 Å². The third kappa shape index (κ3) is 5.03. The van der Waals surface area contributed by atoms with Crippen LogP contribution in [0.15, 0.2) is 30.6 Å². The lowest BCUT2D eigenvalue weighted by Gasteiger charge is -2.49. The molecule has 5 heterocycles. The molecule has 7 heteroatoms. The standard InChI is InChI=1S/C26H35N5O2/c1-17(2)28-26(32)33-16-21-13-20-9-12-31(21)15-22(20)24-14-23(18-5-3-4-6-18)29-25(30-24)19-7-10-27-11-8-19/h7-8,10-11,14,17-18,20-22H,3-6,9,12-13,15-16H2,1-2H3,(H,28,32). The van der Waals surface area contributed by atoms with Gasteiger partial charge in [0.2, 0.25) is 0 Å². The quantitative estimate of drug-likeness (QED) is 0.699. The Labute approximate surface area is 196 Å². The molecule has 4 unspecified atom stereocenters. The van der Waals surface area contributed by atoms with Crippen molar-refractivity contribution in [1.29, 1.82) is 0 Å². The Bertz CT molecular complexity index is 960. The van der Waals surface area contributed by atoms with E-state index >= 15 is 0 Å². The van der Waals surface area contributed by atoms with Gasteiger partial charge in [-0.3, -0.25) is 9.88 Å². The zero-order chi connectivity index (χ0) is 22.8. The monoisotopic (exact) mass is 449 g/mol. The third-order valence-electron chi connectivity index (χ3n) is 7.55. The van der Waals surface area contributed by atoms with E-state index in [4.69, 9.17) is 14.7 Å². The molecule has 7 nitrogen and oxygen atoms in total. The molecule has 4 aliphatic rings. The van der Waals surface area contributed by atoms with Gasteiger partial charge in [0.05, 0.1) is 0 Å². The van der Waals surface area contributed by atoms with Crippen LogP contribution in [0, 0.1) is 5.92 Å². The number of nitrogens with zero attached hydrogens (tertiary/aromatic N) is 4. The fourth-order valence-corrected chi connectivity index (χ4v) is 5.83. The van der Waals surface area contributed by atoms with Crippen molar-refractivity contribution >= 4 is 6.09 Å². The highest BCUT2D eigenvalue weighted by Crippen LogP contribution is 2.43. The Kier molecular flexibility index (Phi) is 6.58. The molecule has 1 amide bonds. The number of pyridine rings is 1. The predicted octanol–water partition coefficient (Wildman–Crippen LogP) is 4.51. The first-order valence-electron chi connectivity index (χ1n) is 12.5. The van der Waals surface area contributed by atoms with Gasteiger partial charge in [0.25, 0.3) is 0 Å². The molecule has 0 aromatic carbocycles. The summed E-state index contributed by atoms with van der Waals surface area (Å²) in [5, 5.41) is 2.81. The van der Waals surface area contributed by atoms with E-state index in [9.17, 15) is 4.79 Å². The van der Waals surface area contributed by atoms with Gasteiger partial charge in [-0.15, -0.1) is 0 Å². The van der Waals surface area contributed by atoms with Gasteiger partial charge in [-0.25, -0.2) is 14.8 Å². The zero-order valence-electron chi connectivity index (χ0n) is 19.7. The lowest BCUT2D eigenvalue weighted by atomic mass is 9.74. The first kappa shape index (κ1) is 22.3. The maximum absolute atomic E-state index is 12.0. The van der Waals surface area contributed by atoms with Crippen molar-refractivity contribution in [2.45, 2.75) is 76.3 Å².